The number of carbonyl (C=O) groups is 3. The second kappa shape index (κ2) is 11.1. The number of hydrogen-bond donors (Lipinski definition) is 3. The molecule has 5 N–H and O–H groups in total. The molecule has 3 aromatic rings. The number of aryl methyl sites for hydroxylation is 3. The minimum absolute atomic E-state index is 0.0396. The number of nitrogens with one attached hydrogen (secondary N) is 1. The molecule has 37 heavy (non-hydrogen) atoms. The third-order valence-corrected chi connectivity index (χ3v) is 7.26. The molecule has 194 valence electrons. The summed E-state index contributed by atoms with van der Waals surface area (Å²) in [7, 11) is 0. The Morgan fingerprint density at radius 2 is 1.84 bits per heavy atom. The lowest BCUT2D eigenvalue weighted by atomic mass is 9.99. The Kier molecular flexibility index (Phi) is 7.89. The van der Waals surface area contributed by atoms with E-state index in [-0.39, 0.29) is 28.3 Å². The van der Waals surface area contributed by atoms with Gasteiger partial charge in [-0.2, -0.15) is 4.37 Å². The van der Waals surface area contributed by atoms with Gasteiger partial charge in [-0.3, -0.25) is 19.3 Å². The number of amides is 3. The van der Waals surface area contributed by atoms with Gasteiger partial charge in [0.25, 0.3) is 11.8 Å². The highest BCUT2D eigenvalue weighted by atomic mass is 32.1. The van der Waals surface area contributed by atoms with Crippen molar-refractivity contribution in [1.82, 2.24) is 9.69 Å². The predicted octanol–water partition coefficient (Wildman–Crippen LogP) is 3.43. The van der Waals surface area contributed by atoms with Crippen molar-refractivity contribution < 1.29 is 19.1 Å². The second-order valence-corrected chi connectivity index (χ2v) is 10.1. The lowest BCUT2D eigenvalue weighted by Crippen LogP contribution is -2.46. The van der Waals surface area contributed by atoms with E-state index >= 15 is 0 Å². The molecule has 2 heterocycles. The molecule has 1 aromatic heterocycles. The minimum Gasteiger partial charge on any atom is -0.395 e. The molecule has 0 saturated carbocycles. The summed E-state index contributed by atoms with van der Waals surface area (Å²) in [6.07, 6.45) is 1.74. The van der Waals surface area contributed by atoms with Gasteiger partial charge in [0.1, 0.15) is 10.9 Å². The van der Waals surface area contributed by atoms with Crippen molar-refractivity contribution in [1.29, 1.82) is 0 Å². The van der Waals surface area contributed by atoms with Crippen molar-refractivity contribution in [2.24, 2.45) is 5.73 Å². The van der Waals surface area contributed by atoms with Crippen LogP contribution in [0.1, 0.15) is 61.3 Å². The van der Waals surface area contributed by atoms with Crippen molar-refractivity contribution in [3.05, 3.63) is 75.3 Å². The Morgan fingerprint density at radius 1 is 1.14 bits per heavy atom. The van der Waals surface area contributed by atoms with Gasteiger partial charge >= 0.3 is 0 Å². The van der Waals surface area contributed by atoms with E-state index in [0.29, 0.717) is 24.4 Å². The number of anilines is 2. The first-order chi connectivity index (χ1) is 17.7. The largest absolute Gasteiger partial charge is 0.395 e. The number of nitrogen functional groups attached to an aromatic ring is 1. The molecule has 2 aromatic carbocycles. The smallest absolute Gasteiger partial charge is 0.273 e. The normalized spacial score (nSPS) is 15.8. The molecule has 0 radical (unpaired) electrons. The molecule has 3 amide bonds. The quantitative estimate of drug-likeness (QED) is 0.415. The van der Waals surface area contributed by atoms with Gasteiger partial charge in [-0.1, -0.05) is 47.5 Å². The monoisotopic (exact) mass is 521 g/mol. The maximum atomic E-state index is 14.1. The van der Waals surface area contributed by atoms with Gasteiger partial charge in [-0.25, -0.2) is 0 Å². The highest BCUT2D eigenvalue weighted by molar-refractivity contribution is 7.09. The van der Waals surface area contributed by atoms with Crippen LogP contribution in [-0.2, 0) is 9.53 Å². The van der Waals surface area contributed by atoms with Crippen LogP contribution in [0.15, 0.2) is 42.5 Å². The molecule has 0 unspecified atom stereocenters. The lowest BCUT2D eigenvalue weighted by Gasteiger charge is -2.32. The second-order valence-electron chi connectivity index (χ2n) is 9.30. The average molecular weight is 522 g/mol. The molecule has 0 spiro atoms. The van der Waals surface area contributed by atoms with Gasteiger partial charge in [0.2, 0.25) is 5.91 Å². The fraction of sp³-hybridized carbons (Fsp3) is 0.333. The van der Waals surface area contributed by atoms with E-state index in [9.17, 15) is 14.4 Å². The minimum atomic E-state index is -1.02. The fourth-order valence-corrected chi connectivity index (χ4v) is 5.21. The molecule has 9 nitrogen and oxygen atoms in total. The zero-order valence-corrected chi connectivity index (χ0v) is 21.9. The van der Waals surface area contributed by atoms with Gasteiger partial charge in [0.15, 0.2) is 5.69 Å². The summed E-state index contributed by atoms with van der Waals surface area (Å²) in [6, 6.07) is 12.1. The van der Waals surface area contributed by atoms with E-state index in [1.807, 2.05) is 63.2 Å². The van der Waals surface area contributed by atoms with E-state index in [0.717, 1.165) is 41.1 Å². The van der Waals surface area contributed by atoms with E-state index in [4.69, 9.17) is 16.2 Å². The van der Waals surface area contributed by atoms with E-state index in [2.05, 4.69) is 9.69 Å². The maximum absolute atomic E-state index is 14.1. The van der Waals surface area contributed by atoms with E-state index in [1.54, 1.807) is 0 Å². The molecule has 1 aliphatic rings. The molecule has 4 rings (SSSR count). The first-order valence-electron chi connectivity index (χ1n) is 12.1. The predicted molar refractivity (Wildman–Crippen MR) is 144 cm³/mol. The highest BCUT2D eigenvalue weighted by Gasteiger charge is 2.37. The van der Waals surface area contributed by atoms with Crippen molar-refractivity contribution in [3.8, 4) is 0 Å². The van der Waals surface area contributed by atoms with Crippen LogP contribution in [0.25, 0.3) is 0 Å². The van der Waals surface area contributed by atoms with Crippen LogP contribution < -0.4 is 21.7 Å². The van der Waals surface area contributed by atoms with Crippen LogP contribution in [0.5, 0.6) is 0 Å². The zero-order chi connectivity index (χ0) is 26.7. The zero-order valence-electron chi connectivity index (χ0n) is 21.1. The topological polar surface area (TPSA) is 141 Å². The SMILES string of the molecule is Cc1ccc([C@@H](C(=O)NC[C@H]2CCCO2)N(C(=O)c2snc(C(N)=O)c2N)c2ccc(C)cc2C)cc1. The summed E-state index contributed by atoms with van der Waals surface area (Å²) in [5.41, 5.74) is 15.3. The van der Waals surface area contributed by atoms with Crippen LogP contribution in [0.2, 0.25) is 0 Å². The summed E-state index contributed by atoms with van der Waals surface area (Å²) in [4.78, 5) is 41.2. The molecule has 0 bridgehead atoms. The maximum Gasteiger partial charge on any atom is 0.273 e. The first-order valence-corrected chi connectivity index (χ1v) is 12.9. The van der Waals surface area contributed by atoms with Crippen LogP contribution in [0, 0.1) is 20.8 Å². The third-order valence-electron chi connectivity index (χ3n) is 6.41. The number of hydrogen-bond acceptors (Lipinski definition) is 7. The highest BCUT2D eigenvalue weighted by Crippen LogP contribution is 2.35. The number of carbonyl (C=O) groups excluding carboxylic acids is 3. The van der Waals surface area contributed by atoms with Gasteiger partial charge < -0.3 is 21.5 Å². The molecule has 10 heteroatoms. The van der Waals surface area contributed by atoms with Crippen LogP contribution in [-0.4, -0.2) is 41.4 Å². The van der Waals surface area contributed by atoms with Crippen LogP contribution >= 0.6 is 11.5 Å². The Hall–Kier alpha value is -3.76. The molecule has 2 atom stereocenters. The fourth-order valence-electron chi connectivity index (χ4n) is 4.46. The Bertz CT molecular complexity index is 1310. The number of aromatic nitrogens is 1. The van der Waals surface area contributed by atoms with Gasteiger partial charge in [-0.05, 0) is 62.3 Å². The van der Waals surface area contributed by atoms with Gasteiger partial charge in [0, 0.05) is 18.8 Å². The molecular formula is C27H31N5O4S. The number of nitrogens with two attached hydrogens (primary N) is 2. The Balaban J connectivity index is 1.84. The van der Waals surface area contributed by atoms with Crippen molar-refractivity contribution in [2.45, 2.75) is 45.8 Å². The number of nitrogens with zero attached hydrogens (tertiary/aromatic N) is 2. The molecule has 1 saturated heterocycles. The number of primary amides is 1. The average Bonchev–Trinajstić information content (AvgIpc) is 3.52. The summed E-state index contributed by atoms with van der Waals surface area (Å²) in [5.74, 6) is -1.73. The number of rotatable bonds is 8. The first kappa shape index (κ1) is 26.3. The van der Waals surface area contributed by atoms with Crippen molar-refractivity contribution in [3.63, 3.8) is 0 Å². The van der Waals surface area contributed by atoms with Gasteiger partial charge in [0.05, 0.1) is 11.8 Å². The summed E-state index contributed by atoms with van der Waals surface area (Å²) >= 11 is 0.786. The number of ether oxygens (including phenoxy) is 1. The number of benzene rings is 2. The summed E-state index contributed by atoms with van der Waals surface area (Å²) in [6.45, 7) is 6.79. The van der Waals surface area contributed by atoms with E-state index < -0.39 is 17.9 Å². The van der Waals surface area contributed by atoms with E-state index in [1.165, 1.54) is 4.90 Å². The van der Waals surface area contributed by atoms with Crippen LogP contribution in [0.3, 0.4) is 0 Å². The summed E-state index contributed by atoms with van der Waals surface area (Å²) < 4.78 is 9.68. The molecular weight excluding hydrogens is 490 g/mol. The molecule has 1 aliphatic heterocycles. The molecule has 0 aliphatic carbocycles. The Labute approximate surface area is 220 Å². The lowest BCUT2D eigenvalue weighted by molar-refractivity contribution is -0.123. The summed E-state index contributed by atoms with van der Waals surface area (Å²) in [5, 5.41) is 2.99. The third kappa shape index (κ3) is 5.65. The van der Waals surface area contributed by atoms with Crippen molar-refractivity contribution in [2.75, 3.05) is 23.8 Å². The standard InChI is InChI=1S/C27H31N5O4S/c1-15-6-9-18(10-7-15)23(26(34)30-14-19-5-4-12-36-19)32(20-11-8-16(2)13-17(20)3)27(35)24-21(28)22(25(29)33)31-37-24/h6-11,13,19,23H,4-5,12,14,28H2,1-3H3,(H2,29,33)(H,30,34)/t19-,23+/m1/s1. The van der Waals surface area contributed by atoms with Crippen LogP contribution in [0.4, 0.5) is 11.4 Å². The molecule has 1 fully saturated rings. The van der Waals surface area contributed by atoms with Crippen molar-refractivity contribution >= 4 is 40.6 Å². The van der Waals surface area contributed by atoms with Gasteiger partial charge in [-0.15, -0.1) is 0 Å². The Morgan fingerprint density at radius 3 is 2.43 bits per heavy atom.